The molecule has 9 heteroatoms. The van der Waals surface area contributed by atoms with Crippen LogP contribution in [0.4, 0.5) is 0 Å². The molecule has 2 aromatic rings. The Morgan fingerprint density at radius 3 is 2.46 bits per heavy atom. The number of benzene rings is 1. The molecule has 1 aromatic heterocycles. The van der Waals surface area contributed by atoms with Gasteiger partial charge in [0, 0.05) is 6.54 Å². The maximum atomic E-state index is 12.0. The minimum absolute atomic E-state index is 0.117. The Hall–Kier alpha value is -2.65. The number of furan rings is 1. The van der Waals surface area contributed by atoms with Crippen molar-refractivity contribution in [2.24, 2.45) is 0 Å². The molecule has 0 atom stereocenters. The van der Waals surface area contributed by atoms with E-state index in [-0.39, 0.29) is 18.0 Å². The van der Waals surface area contributed by atoms with Gasteiger partial charge in [-0.2, -0.15) is 0 Å². The first-order valence-electron chi connectivity index (χ1n) is 7.87. The van der Waals surface area contributed by atoms with Gasteiger partial charge in [0.1, 0.15) is 11.5 Å². The van der Waals surface area contributed by atoms with Crippen molar-refractivity contribution in [2.75, 3.05) is 13.6 Å². The molecule has 1 aromatic carbocycles. The van der Waals surface area contributed by atoms with Gasteiger partial charge in [-0.15, -0.1) is 0 Å². The van der Waals surface area contributed by atoms with Gasteiger partial charge in [0.15, 0.2) is 0 Å². The van der Waals surface area contributed by atoms with Crippen LogP contribution in [0.5, 0.6) is 0 Å². The second-order valence-electron chi connectivity index (χ2n) is 5.64. The van der Waals surface area contributed by atoms with E-state index >= 15 is 0 Å². The Balaban J connectivity index is 1.88. The largest absolute Gasteiger partial charge is 0.466 e. The van der Waals surface area contributed by atoms with Gasteiger partial charge >= 0.3 is 0 Å². The van der Waals surface area contributed by atoms with Crippen molar-refractivity contribution in [1.82, 2.24) is 15.4 Å². The van der Waals surface area contributed by atoms with Crippen molar-refractivity contribution in [3.05, 3.63) is 53.0 Å². The van der Waals surface area contributed by atoms with Crippen LogP contribution < -0.4 is 15.4 Å². The highest BCUT2D eigenvalue weighted by Crippen LogP contribution is 2.13. The van der Waals surface area contributed by atoms with Gasteiger partial charge in [-0.3, -0.25) is 9.59 Å². The summed E-state index contributed by atoms with van der Waals surface area (Å²) in [7, 11) is -2.21. The van der Waals surface area contributed by atoms with Crippen molar-refractivity contribution in [1.29, 1.82) is 0 Å². The van der Waals surface area contributed by atoms with Crippen molar-refractivity contribution in [3.8, 4) is 0 Å². The lowest BCUT2D eigenvalue weighted by Crippen LogP contribution is -2.36. The fraction of sp³-hybridized carbons (Fsp3) is 0.294. The predicted octanol–water partition coefficient (Wildman–Crippen LogP) is 0.851. The fourth-order valence-electron chi connectivity index (χ4n) is 2.32. The van der Waals surface area contributed by atoms with E-state index in [0.29, 0.717) is 22.6 Å². The van der Waals surface area contributed by atoms with E-state index in [1.54, 1.807) is 32.0 Å². The Morgan fingerprint density at radius 1 is 1.12 bits per heavy atom. The van der Waals surface area contributed by atoms with E-state index < -0.39 is 21.8 Å². The van der Waals surface area contributed by atoms with Crippen LogP contribution in [0.15, 0.2) is 39.6 Å². The molecule has 0 unspecified atom stereocenters. The van der Waals surface area contributed by atoms with E-state index in [1.807, 2.05) is 0 Å². The van der Waals surface area contributed by atoms with Crippen LogP contribution in [0.25, 0.3) is 0 Å². The van der Waals surface area contributed by atoms with Gasteiger partial charge < -0.3 is 15.1 Å². The number of amides is 2. The number of hydrogen-bond acceptors (Lipinski definition) is 5. The van der Waals surface area contributed by atoms with Crippen LogP contribution in [0.1, 0.15) is 27.4 Å². The van der Waals surface area contributed by atoms with Crippen LogP contribution in [0, 0.1) is 13.8 Å². The summed E-state index contributed by atoms with van der Waals surface area (Å²) in [5, 5.41) is 5.15. The number of carbonyl (C=O) groups excluding carboxylic acids is 2. The zero-order chi connectivity index (χ0) is 19.3. The molecule has 3 N–H and O–H groups in total. The van der Waals surface area contributed by atoms with Crippen LogP contribution in [0.2, 0.25) is 0 Å². The van der Waals surface area contributed by atoms with E-state index in [1.165, 1.54) is 19.2 Å². The number of sulfonamides is 1. The predicted molar refractivity (Wildman–Crippen MR) is 95.0 cm³/mol. The summed E-state index contributed by atoms with van der Waals surface area (Å²) < 4.78 is 31.1. The first kappa shape index (κ1) is 19.7. The summed E-state index contributed by atoms with van der Waals surface area (Å²) in [5.74, 6) is 0.325. The number of aryl methyl sites for hydroxylation is 2. The third-order valence-corrected chi connectivity index (χ3v) is 5.07. The lowest BCUT2D eigenvalue weighted by Gasteiger charge is -2.08. The van der Waals surface area contributed by atoms with Crippen LogP contribution in [0.3, 0.4) is 0 Å². The molecule has 0 aliphatic rings. The Morgan fingerprint density at radius 2 is 1.85 bits per heavy atom. The molecule has 0 fully saturated rings. The number of rotatable bonds is 7. The molecular weight excluding hydrogens is 358 g/mol. The molecule has 0 aliphatic heterocycles. The van der Waals surface area contributed by atoms with Gasteiger partial charge in [0.25, 0.3) is 5.91 Å². The lowest BCUT2D eigenvalue weighted by molar-refractivity contribution is -0.120. The zero-order valence-electron chi connectivity index (χ0n) is 14.8. The van der Waals surface area contributed by atoms with Gasteiger partial charge in [-0.1, -0.05) is 12.1 Å². The van der Waals surface area contributed by atoms with Gasteiger partial charge in [-0.05, 0) is 44.7 Å². The zero-order valence-corrected chi connectivity index (χ0v) is 15.6. The average Bonchev–Trinajstić information content (AvgIpc) is 2.96. The summed E-state index contributed by atoms with van der Waals surface area (Å²) in [6.45, 7) is 3.36. The molecule has 0 radical (unpaired) electrons. The summed E-state index contributed by atoms with van der Waals surface area (Å²) in [5.41, 5.74) is 1.02. The molecule has 0 saturated carbocycles. The molecule has 1 heterocycles. The smallest absolute Gasteiger partial charge is 0.255 e. The van der Waals surface area contributed by atoms with E-state index in [2.05, 4.69) is 15.4 Å². The molecule has 26 heavy (non-hydrogen) atoms. The lowest BCUT2D eigenvalue weighted by atomic mass is 10.2. The van der Waals surface area contributed by atoms with E-state index in [0.717, 1.165) is 0 Å². The number of nitrogens with one attached hydrogen (secondary N) is 3. The minimum atomic E-state index is -3.54. The molecule has 0 aliphatic carbocycles. The van der Waals surface area contributed by atoms with Crippen LogP contribution in [-0.2, 0) is 21.4 Å². The van der Waals surface area contributed by atoms with Crippen molar-refractivity contribution >= 4 is 21.8 Å². The molecule has 0 spiro atoms. The molecular formula is C17H21N3O5S. The normalized spacial score (nSPS) is 11.2. The van der Waals surface area contributed by atoms with Crippen LogP contribution >= 0.6 is 0 Å². The maximum Gasteiger partial charge on any atom is 0.255 e. The molecule has 8 nitrogen and oxygen atoms in total. The first-order valence-corrected chi connectivity index (χ1v) is 9.35. The monoisotopic (exact) mass is 379 g/mol. The van der Waals surface area contributed by atoms with Crippen molar-refractivity contribution in [2.45, 2.75) is 25.3 Å². The summed E-state index contributed by atoms with van der Waals surface area (Å²) in [6.07, 6.45) is 0. The summed E-state index contributed by atoms with van der Waals surface area (Å²) in [6, 6.07) is 7.84. The number of carbonyl (C=O) groups is 2. The van der Waals surface area contributed by atoms with Gasteiger partial charge in [0.2, 0.25) is 15.9 Å². The molecule has 140 valence electrons. The van der Waals surface area contributed by atoms with E-state index in [4.69, 9.17) is 4.42 Å². The Kier molecular flexibility index (Phi) is 6.17. The second kappa shape index (κ2) is 8.15. The molecule has 0 bridgehead atoms. The summed E-state index contributed by atoms with van der Waals surface area (Å²) in [4.78, 5) is 24.0. The van der Waals surface area contributed by atoms with Crippen molar-refractivity contribution < 1.29 is 22.4 Å². The Labute approximate surface area is 152 Å². The third kappa shape index (κ3) is 4.93. The second-order valence-corrected chi connectivity index (χ2v) is 7.53. The number of hydrogen-bond donors (Lipinski definition) is 3. The SMILES string of the molecule is CNS(=O)(=O)c1cccc(CNC(=O)CNC(=O)c2cc(C)oc2C)c1. The highest BCUT2D eigenvalue weighted by molar-refractivity contribution is 7.89. The van der Waals surface area contributed by atoms with Crippen molar-refractivity contribution in [3.63, 3.8) is 0 Å². The highest BCUT2D eigenvalue weighted by atomic mass is 32.2. The quantitative estimate of drug-likeness (QED) is 0.659. The standard InChI is InChI=1S/C17H21N3O5S/c1-11-7-15(12(2)25-11)17(22)20-10-16(21)19-9-13-5-4-6-14(8-13)26(23,24)18-3/h4-8,18H,9-10H2,1-3H3,(H,19,21)(H,20,22). The Bertz CT molecular complexity index is 918. The van der Waals surface area contributed by atoms with Gasteiger partial charge in [-0.25, -0.2) is 13.1 Å². The molecule has 0 saturated heterocycles. The third-order valence-electron chi connectivity index (χ3n) is 3.66. The highest BCUT2D eigenvalue weighted by Gasteiger charge is 2.15. The fourth-order valence-corrected chi connectivity index (χ4v) is 3.12. The van der Waals surface area contributed by atoms with Gasteiger partial charge in [0.05, 0.1) is 17.0 Å². The summed E-state index contributed by atoms with van der Waals surface area (Å²) >= 11 is 0. The van der Waals surface area contributed by atoms with E-state index in [9.17, 15) is 18.0 Å². The molecule has 2 rings (SSSR count). The maximum absolute atomic E-state index is 12.0. The topological polar surface area (TPSA) is 118 Å². The first-order chi connectivity index (χ1) is 12.2. The van der Waals surface area contributed by atoms with Crippen LogP contribution in [-0.4, -0.2) is 33.8 Å². The average molecular weight is 379 g/mol. The molecule has 2 amide bonds. The minimum Gasteiger partial charge on any atom is -0.466 e.